The number of hydrogen-bond acceptors (Lipinski definition) is 7. The lowest BCUT2D eigenvalue weighted by Gasteiger charge is -2.14. The zero-order chi connectivity index (χ0) is 12.1. The second-order valence-electron chi connectivity index (χ2n) is 3.64. The van der Waals surface area contributed by atoms with Crippen molar-refractivity contribution in [2.45, 2.75) is 17.9 Å². The van der Waals surface area contributed by atoms with Crippen molar-refractivity contribution >= 4 is 18.9 Å². The fourth-order valence-corrected chi connectivity index (χ4v) is 1.36. The average Bonchev–Trinajstić information content (AvgIpc) is 2.72. The van der Waals surface area contributed by atoms with Gasteiger partial charge in [-0.25, -0.2) is 4.68 Å². The minimum atomic E-state index is -1.20. The van der Waals surface area contributed by atoms with Crippen LogP contribution in [0.1, 0.15) is 11.1 Å². The van der Waals surface area contributed by atoms with E-state index in [1.165, 1.54) is 4.68 Å². The molecule has 0 spiro atoms. The Balaban J connectivity index is 2.73. The van der Waals surface area contributed by atoms with Crippen LogP contribution in [0.5, 0.6) is 0 Å². The summed E-state index contributed by atoms with van der Waals surface area (Å²) in [5, 5.41) is 19.7. The van der Waals surface area contributed by atoms with Gasteiger partial charge in [-0.05, 0) is 24.5 Å². The van der Waals surface area contributed by atoms with Crippen molar-refractivity contribution < 1.29 is 9.90 Å². The summed E-state index contributed by atoms with van der Waals surface area (Å²) in [4.78, 5) is 12.4. The Morgan fingerprint density at radius 2 is 2.31 bits per heavy atom. The summed E-state index contributed by atoms with van der Waals surface area (Å²) in [5.41, 5.74) is 0. The van der Waals surface area contributed by atoms with Crippen LogP contribution in [0.25, 0.3) is 0 Å². The highest BCUT2D eigenvalue weighted by Crippen LogP contribution is 2.19. The molecule has 2 atom stereocenters. The first-order valence-corrected chi connectivity index (χ1v) is 5.30. The Labute approximate surface area is 98.8 Å². The average molecular weight is 245 g/mol. The predicted octanol–water partition coefficient (Wildman–Crippen LogP) is -1.23. The maximum atomic E-state index is 10.4. The molecular weight excluding hydrogens is 230 g/mol. The van der Waals surface area contributed by atoms with Gasteiger partial charge in [0, 0.05) is 6.54 Å². The minimum Gasteiger partial charge on any atom is -0.384 e. The lowest BCUT2D eigenvalue weighted by molar-refractivity contribution is -0.114. The molecule has 2 unspecified atom stereocenters. The van der Waals surface area contributed by atoms with Crippen molar-refractivity contribution in [1.29, 1.82) is 0 Å². The van der Waals surface area contributed by atoms with Crippen LogP contribution in [0.3, 0.4) is 0 Å². The number of tetrazole rings is 1. The molecule has 7 nitrogen and oxygen atoms in total. The number of aromatic nitrogens is 4. The van der Waals surface area contributed by atoms with Crippen LogP contribution in [-0.2, 0) is 11.3 Å². The summed E-state index contributed by atoms with van der Waals surface area (Å²) in [6.45, 7) is 1.34. The number of aliphatic hydroxyl groups excluding tert-OH is 1. The highest BCUT2D eigenvalue weighted by atomic mass is 32.1. The Morgan fingerprint density at radius 3 is 2.88 bits per heavy atom. The normalized spacial score (nSPS) is 15.1. The van der Waals surface area contributed by atoms with Crippen LogP contribution >= 0.6 is 12.6 Å². The number of thiol groups is 1. The Hall–Kier alpha value is -0.990. The number of nitrogens with zero attached hydrogens (tertiary/aromatic N) is 5. The summed E-state index contributed by atoms with van der Waals surface area (Å²) < 4.78 is 1.53. The van der Waals surface area contributed by atoms with E-state index in [9.17, 15) is 9.90 Å². The summed E-state index contributed by atoms with van der Waals surface area (Å²) >= 11 is 4.12. The number of carbonyl (C=O) groups is 1. The molecule has 1 heterocycles. The minimum absolute atomic E-state index is 0.393. The third-order valence-corrected chi connectivity index (χ3v) is 2.58. The number of carbonyl (C=O) groups excluding carboxylic acids is 1. The number of rotatable bonds is 6. The van der Waals surface area contributed by atoms with E-state index in [0.29, 0.717) is 18.7 Å². The van der Waals surface area contributed by atoms with Gasteiger partial charge in [0.2, 0.25) is 0 Å². The molecule has 0 bridgehead atoms. The summed E-state index contributed by atoms with van der Waals surface area (Å²) in [6.07, 6.45) is -0.782. The highest BCUT2D eigenvalue weighted by Gasteiger charge is 2.22. The molecule has 1 rings (SSSR count). The zero-order valence-corrected chi connectivity index (χ0v) is 10.1. The van der Waals surface area contributed by atoms with E-state index in [2.05, 4.69) is 28.2 Å². The van der Waals surface area contributed by atoms with Gasteiger partial charge in [-0.1, -0.05) is 0 Å². The largest absolute Gasteiger partial charge is 0.384 e. The van der Waals surface area contributed by atoms with Gasteiger partial charge in [-0.2, -0.15) is 12.6 Å². The van der Waals surface area contributed by atoms with Crippen LogP contribution in [0.15, 0.2) is 0 Å². The number of hydrogen-bond donors (Lipinski definition) is 2. The quantitative estimate of drug-likeness (QED) is 0.482. The van der Waals surface area contributed by atoms with Crippen molar-refractivity contribution in [1.82, 2.24) is 25.1 Å². The molecule has 0 amide bonds. The molecule has 1 N–H and O–H groups in total. The number of likely N-dealkylation sites (N-methyl/N-ethyl adjacent to an activating group) is 1. The Morgan fingerprint density at radius 1 is 1.62 bits per heavy atom. The van der Waals surface area contributed by atoms with Gasteiger partial charge >= 0.3 is 0 Å². The van der Waals surface area contributed by atoms with Gasteiger partial charge < -0.3 is 14.8 Å². The smallest absolute Gasteiger partial charge is 0.167 e. The van der Waals surface area contributed by atoms with E-state index < -0.39 is 11.4 Å². The molecule has 0 aliphatic carbocycles. The fourth-order valence-electron chi connectivity index (χ4n) is 1.10. The van der Waals surface area contributed by atoms with Gasteiger partial charge in [0.05, 0.1) is 11.8 Å². The third-order valence-electron chi connectivity index (χ3n) is 2.05. The van der Waals surface area contributed by atoms with E-state index in [1.807, 2.05) is 19.0 Å². The van der Waals surface area contributed by atoms with Crippen LogP contribution in [0.2, 0.25) is 0 Å². The lowest BCUT2D eigenvalue weighted by atomic mass is 10.2. The van der Waals surface area contributed by atoms with Crippen LogP contribution in [-0.4, -0.2) is 63.2 Å². The standard InChI is InChI=1S/C8H15N5O2S/c1-12(2)3-4-13-8(9-10-11-13)7(16)6(15)5-14/h5-7,15-16H,3-4H2,1-2H3. The SMILES string of the molecule is CN(C)CCn1nnnc1C(S)C(O)C=O. The summed E-state index contributed by atoms with van der Waals surface area (Å²) in [5.74, 6) is 0.393. The summed E-state index contributed by atoms with van der Waals surface area (Å²) in [6, 6.07) is 0. The molecule has 0 fully saturated rings. The Bertz CT molecular complexity index is 343. The molecule has 1 aromatic rings. The molecule has 0 radical (unpaired) electrons. The first-order chi connectivity index (χ1) is 7.56. The molecule has 16 heavy (non-hydrogen) atoms. The molecule has 8 heteroatoms. The van der Waals surface area contributed by atoms with Gasteiger partial charge in [0.1, 0.15) is 12.4 Å². The number of aliphatic hydroxyl groups is 1. The molecule has 0 aromatic carbocycles. The van der Waals surface area contributed by atoms with Crippen molar-refractivity contribution in [3.8, 4) is 0 Å². The van der Waals surface area contributed by atoms with Crippen LogP contribution < -0.4 is 0 Å². The Kier molecular flexibility index (Phi) is 4.84. The second kappa shape index (κ2) is 5.92. The maximum Gasteiger partial charge on any atom is 0.167 e. The van der Waals surface area contributed by atoms with Gasteiger partial charge in [-0.15, -0.1) is 5.10 Å². The van der Waals surface area contributed by atoms with Crippen LogP contribution in [0.4, 0.5) is 0 Å². The fraction of sp³-hybridized carbons (Fsp3) is 0.750. The third kappa shape index (κ3) is 3.26. The van der Waals surface area contributed by atoms with Crippen molar-refractivity contribution in [3.63, 3.8) is 0 Å². The second-order valence-corrected chi connectivity index (χ2v) is 4.19. The molecule has 90 valence electrons. The summed E-state index contributed by atoms with van der Waals surface area (Å²) in [7, 11) is 3.87. The maximum absolute atomic E-state index is 10.4. The molecule has 0 aliphatic heterocycles. The van der Waals surface area contributed by atoms with Gasteiger partial charge in [0.25, 0.3) is 0 Å². The van der Waals surface area contributed by atoms with Crippen molar-refractivity contribution in [2.75, 3.05) is 20.6 Å². The van der Waals surface area contributed by atoms with E-state index in [1.54, 1.807) is 0 Å². The number of aldehydes is 1. The van der Waals surface area contributed by atoms with Gasteiger partial charge in [0.15, 0.2) is 5.82 Å². The molecule has 1 aromatic heterocycles. The molecule has 0 aliphatic rings. The topological polar surface area (TPSA) is 84.1 Å². The molecule has 0 saturated carbocycles. The van der Waals surface area contributed by atoms with E-state index >= 15 is 0 Å². The molecular formula is C8H15N5O2S. The monoisotopic (exact) mass is 245 g/mol. The van der Waals surface area contributed by atoms with Gasteiger partial charge in [-0.3, -0.25) is 0 Å². The predicted molar refractivity (Wildman–Crippen MR) is 60.2 cm³/mol. The van der Waals surface area contributed by atoms with Crippen LogP contribution in [0, 0.1) is 0 Å². The zero-order valence-electron chi connectivity index (χ0n) is 9.19. The van der Waals surface area contributed by atoms with Crippen molar-refractivity contribution in [2.24, 2.45) is 0 Å². The lowest BCUT2D eigenvalue weighted by Crippen LogP contribution is -2.24. The van der Waals surface area contributed by atoms with Crippen molar-refractivity contribution in [3.05, 3.63) is 5.82 Å². The highest BCUT2D eigenvalue weighted by molar-refractivity contribution is 7.80. The van der Waals surface area contributed by atoms with E-state index in [-0.39, 0.29) is 0 Å². The molecule has 0 saturated heterocycles. The first kappa shape index (κ1) is 13.1. The van der Waals surface area contributed by atoms with E-state index in [4.69, 9.17) is 0 Å². The first-order valence-electron chi connectivity index (χ1n) is 4.78. The van der Waals surface area contributed by atoms with E-state index in [0.717, 1.165) is 6.54 Å².